The van der Waals surface area contributed by atoms with Gasteiger partial charge in [-0.3, -0.25) is 0 Å². The van der Waals surface area contributed by atoms with Crippen molar-refractivity contribution in [3.8, 4) is 0 Å². The van der Waals surface area contributed by atoms with Gasteiger partial charge in [0.15, 0.2) is 5.90 Å². The van der Waals surface area contributed by atoms with Crippen molar-refractivity contribution in [3.05, 3.63) is 34.3 Å². The van der Waals surface area contributed by atoms with Crippen molar-refractivity contribution < 1.29 is 4.74 Å². The number of hydrogen-bond acceptors (Lipinski definition) is 3. The molecule has 0 aliphatic carbocycles. The zero-order valence-corrected chi connectivity index (χ0v) is 11.8. The fraction of sp³-hybridized carbons (Fsp3) is 0.500. The van der Waals surface area contributed by atoms with Crippen LogP contribution in [-0.4, -0.2) is 31.6 Å². The van der Waals surface area contributed by atoms with Crippen LogP contribution < -0.4 is 5.32 Å². The number of hydrogen-bond donors (Lipinski definition) is 1. The molecule has 1 aromatic carbocycles. The molecule has 2 atom stereocenters. The van der Waals surface area contributed by atoms with Crippen LogP contribution in [0.1, 0.15) is 12.0 Å². The van der Waals surface area contributed by atoms with E-state index in [1.165, 1.54) is 5.56 Å². The normalized spacial score (nSPS) is 27.1. The molecule has 0 amide bonds. The molecule has 2 aliphatic heterocycles. The van der Waals surface area contributed by atoms with Gasteiger partial charge >= 0.3 is 0 Å². The standard InChI is InChI=1S/C14H17BrN2O/c15-12-3-1-2-10(6-12)7-13-9-18-14(17-13)11-4-5-16-8-11/h1-3,6,11,13,16H,4-5,7-9H2. The van der Waals surface area contributed by atoms with Gasteiger partial charge in [-0.25, -0.2) is 4.99 Å². The SMILES string of the molecule is Brc1cccc(CC2COC(C3CCNC3)=N2)c1. The van der Waals surface area contributed by atoms with E-state index in [2.05, 4.69) is 39.4 Å². The van der Waals surface area contributed by atoms with E-state index in [0.29, 0.717) is 5.92 Å². The lowest BCUT2D eigenvalue weighted by Gasteiger charge is -2.06. The summed E-state index contributed by atoms with van der Waals surface area (Å²) in [6, 6.07) is 8.71. The third kappa shape index (κ3) is 2.75. The molecule has 3 rings (SSSR count). The Morgan fingerprint density at radius 3 is 3.17 bits per heavy atom. The molecule has 18 heavy (non-hydrogen) atoms. The molecule has 2 unspecified atom stereocenters. The first-order chi connectivity index (χ1) is 8.81. The molecule has 1 aromatic rings. The molecular formula is C14H17BrN2O. The predicted molar refractivity (Wildman–Crippen MR) is 76.0 cm³/mol. The average molecular weight is 309 g/mol. The Balaban J connectivity index is 1.64. The summed E-state index contributed by atoms with van der Waals surface area (Å²) >= 11 is 3.50. The first-order valence-electron chi connectivity index (χ1n) is 6.47. The van der Waals surface area contributed by atoms with E-state index in [9.17, 15) is 0 Å². The van der Waals surface area contributed by atoms with Crippen LogP contribution in [0.5, 0.6) is 0 Å². The highest BCUT2D eigenvalue weighted by Gasteiger charge is 2.28. The van der Waals surface area contributed by atoms with E-state index in [1.807, 2.05) is 6.07 Å². The second kappa shape index (κ2) is 5.41. The lowest BCUT2D eigenvalue weighted by Crippen LogP contribution is -2.17. The summed E-state index contributed by atoms with van der Waals surface area (Å²) in [5, 5.41) is 3.35. The zero-order valence-electron chi connectivity index (χ0n) is 10.2. The Morgan fingerprint density at radius 2 is 2.39 bits per heavy atom. The van der Waals surface area contributed by atoms with Crippen LogP contribution in [0, 0.1) is 5.92 Å². The van der Waals surface area contributed by atoms with Gasteiger partial charge in [0.25, 0.3) is 0 Å². The lowest BCUT2D eigenvalue weighted by atomic mass is 10.1. The van der Waals surface area contributed by atoms with Gasteiger partial charge in [-0.15, -0.1) is 0 Å². The molecule has 1 saturated heterocycles. The summed E-state index contributed by atoms with van der Waals surface area (Å²) in [6.45, 7) is 2.84. The van der Waals surface area contributed by atoms with Crippen molar-refractivity contribution in [2.75, 3.05) is 19.7 Å². The van der Waals surface area contributed by atoms with E-state index in [4.69, 9.17) is 9.73 Å². The maximum Gasteiger partial charge on any atom is 0.188 e. The van der Waals surface area contributed by atoms with Gasteiger partial charge in [-0.05, 0) is 37.1 Å². The van der Waals surface area contributed by atoms with Gasteiger partial charge in [-0.2, -0.15) is 0 Å². The highest BCUT2D eigenvalue weighted by molar-refractivity contribution is 9.10. The number of ether oxygens (including phenoxy) is 1. The predicted octanol–water partition coefficient (Wildman–Crippen LogP) is 2.40. The third-order valence-corrected chi connectivity index (χ3v) is 4.00. The fourth-order valence-electron chi connectivity index (χ4n) is 2.57. The third-order valence-electron chi connectivity index (χ3n) is 3.50. The van der Waals surface area contributed by atoms with Crippen molar-refractivity contribution in [3.63, 3.8) is 0 Å². The van der Waals surface area contributed by atoms with Crippen LogP contribution in [0.15, 0.2) is 33.7 Å². The molecule has 96 valence electrons. The topological polar surface area (TPSA) is 33.6 Å². The van der Waals surface area contributed by atoms with Gasteiger partial charge in [0.1, 0.15) is 6.61 Å². The monoisotopic (exact) mass is 308 g/mol. The molecule has 4 heteroatoms. The number of nitrogens with one attached hydrogen (secondary N) is 1. The Morgan fingerprint density at radius 1 is 1.44 bits per heavy atom. The smallest absolute Gasteiger partial charge is 0.188 e. The molecule has 0 saturated carbocycles. The van der Waals surface area contributed by atoms with E-state index in [-0.39, 0.29) is 6.04 Å². The molecule has 2 aliphatic rings. The summed E-state index contributed by atoms with van der Waals surface area (Å²) in [5.41, 5.74) is 1.31. The number of rotatable bonds is 3. The Labute approximate surface area is 116 Å². The zero-order chi connectivity index (χ0) is 12.4. The van der Waals surface area contributed by atoms with Gasteiger partial charge < -0.3 is 10.1 Å². The van der Waals surface area contributed by atoms with Crippen molar-refractivity contribution in [1.29, 1.82) is 0 Å². The number of benzene rings is 1. The van der Waals surface area contributed by atoms with Crippen LogP contribution in [0.25, 0.3) is 0 Å². The largest absolute Gasteiger partial charge is 0.478 e. The van der Waals surface area contributed by atoms with Crippen molar-refractivity contribution in [2.24, 2.45) is 10.9 Å². The highest BCUT2D eigenvalue weighted by atomic mass is 79.9. The molecular weight excluding hydrogens is 292 g/mol. The summed E-state index contributed by atoms with van der Waals surface area (Å²) in [4.78, 5) is 4.73. The van der Waals surface area contributed by atoms with Crippen molar-refractivity contribution in [1.82, 2.24) is 5.32 Å². The first kappa shape index (κ1) is 12.2. The molecule has 0 bridgehead atoms. The van der Waals surface area contributed by atoms with Crippen LogP contribution >= 0.6 is 15.9 Å². The number of nitrogens with zero attached hydrogens (tertiary/aromatic N) is 1. The average Bonchev–Trinajstić information content (AvgIpc) is 2.98. The Kier molecular flexibility index (Phi) is 3.66. The minimum Gasteiger partial charge on any atom is -0.478 e. The summed E-state index contributed by atoms with van der Waals surface area (Å²) in [5.74, 6) is 1.47. The van der Waals surface area contributed by atoms with E-state index in [0.717, 1.165) is 42.9 Å². The van der Waals surface area contributed by atoms with Gasteiger partial charge in [0, 0.05) is 16.9 Å². The van der Waals surface area contributed by atoms with E-state index in [1.54, 1.807) is 0 Å². The maximum atomic E-state index is 5.75. The molecule has 1 N–H and O–H groups in total. The molecule has 0 radical (unpaired) electrons. The van der Waals surface area contributed by atoms with Crippen LogP contribution in [0.4, 0.5) is 0 Å². The maximum absolute atomic E-state index is 5.75. The molecule has 1 fully saturated rings. The van der Waals surface area contributed by atoms with Crippen LogP contribution in [0.3, 0.4) is 0 Å². The molecule has 0 aromatic heterocycles. The highest BCUT2D eigenvalue weighted by Crippen LogP contribution is 2.20. The quantitative estimate of drug-likeness (QED) is 0.930. The Bertz CT molecular complexity index is 455. The second-order valence-electron chi connectivity index (χ2n) is 4.96. The molecule has 0 spiro atoms. The number of aliphatic imine (C=N–C) groups is 1. The summed E-state index contributed by atoms with van der Waals surface area (Å²) < 4.78 is 6.88. The van der Waals surface area contributed by atoms with Gasteiger partial charge in [0.2, 0.25) is 0 Å². The first-order valence-corrected chi connectivity index (χ1v) is 7.26. The molecule has 2 heterocycles. The van der Waals surface area contributed by atoms with Gasteiger partial charge in [-0.1, -0.05) is 28.1 Å². The van der Waals surface area contributed by atoms with E-state index < -0.39 is 0 Å². The van der Waals surface area contributed by atoms with Crippen LogP contribution in [0.2, 0.25) is 0 Å². The minimum atomic E-state index is 0.287. The van der Waals surface area contributed by atoms with Crippen LogP contribution in [-0.2, 0) is 11.2 Å². The van der Waals surface area contributed by atoms with E-state index >= 15 is 0 Å². The molecule has 3 nitrogen and oxygen atoms in total. The number of halogens is 1. The van der Waals surface area contributed by atoms with Crippen molar-refractivity contribution in [2.45, 2.75) is 18.9 Å². The van der Waals surface area contributed by atoms with Crippen molar-refractivity contribution >= 4 is 21.8 Å². The Hall–Kier alpha value is -0.870. The lowest BCUT2D eigenvalue weighted by molar-refractivity contribution is 0.299. The summed E-state index contributed by atoms with van der Waals surface area (Å²) in [7, 11) is 0. The van der Waals surface area contributed by atoms with Gasteiger partial charge in [0.05, 0.1) is 6.04 Å². The second-order valence-corrected chi connectivity index (χ2v) is 5.87. The minimum absolute atomic E-state index is 0.287. The fourth-order valence-corrected chi connectivity index (χ4v) is 3.01. The summed E-state index contributed by atoms with van der Waals surface area (Å²) in [6.07, 6.45) is 2.12.